The summed E-state index contributed by atoms with van der Waals surface area (Å²) in [4.78, 5) is 15.0. The summed E-state index contributed by atoms with van der Waals surface area (Å²) in [5.41, 5.74) is -2.41. The summed E-state index contributed by atoms with van der Waals surface area (Å²) in [7, 11) is 1.31. The van der Waals surface area contributed by atoms with Crippen LogP contribution in [0.5, 0.6) is 6.01 Å². The van der Waals surface area contributed by atoms with E-state index in [1.807, 2.05) is 0 Å². The standard InChI is InChI=1S/C9H10BrF3N2O2/c1-3-17-8-14-6(9(11,12)13)5(4-10)7(16)15(8)2/h3-4H2,1-2H3. The second-order valence-electron chi connectivity index (χ2n) is 3.15. The highest BCUT2D eigenvalue weighted by Gasteiger charge is 2.37. The highest BCUT2D eigenvalue weighted by atomic mass is 79.9. The van der Waals surface area contributed by atoms with Gasteiger partial charge in [0.1, 0.15) is 0 Å². The Morgan fingerprint density at radius 2 is 2.06 bits per heavy atom. The van der Waals surface area contributed by atoms with Crippen molar-refractivity contribution in [1.82, 2.24) is 9.55 Å². The Morgan fingerprint density at radius 1 is 1.47 bits per heavy atom. The zero-order valence-corrected chi connectivity index (χ0v) is 10.7. The Balaban J connectivity index is 3.53. The van der Waals surface area contributed by atoms with Gasteiger partial charge in [-0.25, -0.2) is 0 Å². The van der Waals surface area contributed by atoms with Crippen LogP contribution in [0.15, 0.2) is 4.79 Å². The first kappa shape index (κ1) is 14.0. The van der Waals surface area contributed by atoms with Crippen molar-refractivity contribution in [3.8, 4) is 6.01 Å². The molecule has 4 nitrogen and oxygen atoms in total. The van der Waals surface area contributed by atoms with Crippen LogP contribution < -0.4 is 10.3 Å². The predicted octanol–water partition coefficient (Wildman–Crippen LogP) is 2.09. The number of halogens is 4. The summed E-state index contributed by atoms with van der Waals surface area (Å²) < 4.78 is 43.9. The fraction of sp³-hybridized carbons (Fsp3) is 0.556. The lowest BCUT2D eigenvalue weighted by atomic mass is 10.2. The maximum absolute atomic E-state index is 12.7. The molecule has 0 aliphatic rings. The maximum atomic E-state index is 12.7. The van der Waals surface area contributed by atoms with E-state index in [2.05, 4.69) is 20.9 Å². The van der Waals surface area contributed by atoms with Gasteiger partial charge in [0.05, 0.1) is 12.2 Å². The van der Waals surface area contributed by atoms with Crippen molar-refractivity contribution in [2.24, 2.45) is 7.05 Å². The first-order valence-corrected chi connectivity index (χ1v) is 5.80. The molecule has 1 aromatic heterocycles. The Hall–Kier alpha value is -1.05. The van der Waals surface area contributed by atoms with Crippen molar-refractivity contribution in [2.45, 2.75) is 18.4 Å². The number of aromatic nitrogens is 2. The normalized spacial score (nSPS) is 11.6. The van der Waals surface area contributed by atoms with Crippen LogP contribution in [0.25, 0.3) is 0 Å². The van der Waals surface area contributed by atoms with Gasteiger partial charge in [-0.1, -0.05) is 15.9 Å². The smallest absolute Gasteiger partial charge is 0.434 e. The van der Waals surface area contributed by atoms with Gasteiger partial charge in [-0.2, -0.15) is 18.2 Å². The van der Waals surface area contributed by atoms with Crippen LogP contribution in [0.4, 0.5) is 13.2 Å². The molecule has 0 atom stereocenters. The van der Waals surface area contributed by atoms with Crippen molar-refractivity contribution < 1.29 is 17.9 Å². The molecule has 1 rings (SSSR count). The summed E-state index contributed by atoms with van der Waals surface area (Å²) in [6.45, 7) is 1.73. The van der Waals surface area contributed by atoms with Gasteiger partial charge in [-0.15, -0.1) is 0 Å². The van der Waals surface area contributed by atoms with Crippen molar-refractivity contribution >= 4 is 15.9 Å². The molecule has 0 aromatic carbocycles. The van der Waals surface area contributed by atoms with Crippen molar-refractivity contribution in [2.75, 3.05) is 6.61 Å². The second kappa shape index (κ2) is 5.07. The van der Waals surface area contributed by atoms with Gasteiger partial charge in [0.15, 0.2) is 5.69 Å². The molecule has 1 heterocycles. The summed E-state index contributed by atoms with van der Waals surface area (Å²) in [5, 5.41) is -0.214. The molecule has 0 radical (unpaired) electrons. The topological polar surface area (TPSA) is 44.1 Å². The third-order valence-electron chi connectivity index (χ3n) is 2.02. The van der Waals surface area contributed by atoms with Gasteiger partial charge in [0.25, 0.3) is 11.6 Å². The molecule has 1 aromatic rings. The van der Waals surface area contributed by atoms with Gasteiger partial charge in [-0.05, 0) is 6.92 Å². The van der Waals surface area contributed by atoms with Crippen LogP contribution >= 0.6 is 15.9 Å². The van der Waals surface area contributed by atoms with Gasteiger partial charge >= 0.3 is 6.18 Å². The number of ether oxygens (including phenoxy) is 1. The molecule has 0 amide bonds. The summed E-state index contributed by atoms with van der Waals surface area (Å²) in [6, 6.07) is -0.338. The third-order valence-corrected chi connectivity index (χ3v) is 2.58. The summed E-state index contributed by atoms with van der Waals surface area (Å²) >= 11 is 2.86. The molecule has 0 unspecified atom stereocenters. The Bertz CT molecular complexity index is 471. The largest absolute Gasteiger partial charge is 0.465 e. The van der Waals surface area contributed by atoms with Crippen LogP contribution in [0.1, 0.15) is 18.2 Å². The van der Waals surface area contributed by atoms with E-state index in [1.165, 1.54) is 7.05 Å². The highest BCUT2D eigenvalue weighted by Crippen LogP contribution is 2.31. The molecule has 0 bridgehead atoms. The minimum Gasteiger partial charge on any atom is -0.465 e. The van der Waals surface area contributed by atoms with Gasteiger partial charge < -0.3 is 4.74 Å². The van der Waals surface area contributed by atoms with Crippen LogP contribution in [0.2, 0.25) is 0 Å². The highest BCUT2D eigenvalue weighted by molar-refractivity contribution is 9.08. The fourth-order valence-corrected chi connectivity index (χ4v) is 1.75. The molecule has 96 valence electrons. The Labute approximate surface area is 104 Å². The molecule has 0 spiro atoms. The molecule has 0 saturated carbocycles. The molecule has 0 saturated heterocycles. The monoisotopic (exact) mass is 314 g/mol. The summed E-state index contributed by atoms with van der Waals surface area (Å²) in [5.74, 6) is 0. The Morgan fingerprint density at radius 3 is 2.47 bits per heavy atom. The third kappa shape index (κ3) is 2.80. The quantitative estimate of drug-likeness (QED) is 0.802. The second-order valence-corrected chi connectivity index (χ2v) is 3.71. The predicted molar refractivity (Wildman–Crippen MR) is 58.3 cm³/mol. The van der Waals surface area contributed by atoms with E-state index >= 15 is 0 Å². The van der Waals surface area contributed by atoms with Gasteiger partial charge in [0.2, 0.25) is 0 Å². The first-order valence-electron chi connectivity index (χ1n) is 4.68. The zero-order valence-electron chi connectivity index (χ0n) is 9.14. The van der Waals surface area contributed by atoms with E-state index < -0.39 is 23.0 Å². The molecular formula is C9H10BrF3N2O2. The SMILES string of the molecule is CCOc1nc(C(F)(F)F)c(CBr)c(=O)n1C. The van der Waals surface area contributed by atoms with Crippen molar-refractivity contribution in [1.29, 1.82) is 0 Å². The van der Waals surface area contributed by atoms with Crippen LogP contribution in [-0.2, 0) is 18.6 Å². The number of hydrogen-bond donors (Lipinski definition) is 0. The number of nitrogens with zero attached hydrogens (tertiary/aromatic N) is 2. The molecule has 0 N–H and O–H groups in total. The minimum atomic E-state index is -4.68. The van der Waals surface area contributed by atoms with Crippen LogP contribution in [0.3, 0.4) is 0 Å². The molecule has 17 heavy (non-hydrogen) atoms. The Kier molecular flexibility index (Phi) is 4.18. The molecular weight excluding hydrogens is 305 g/mol. The van der Waals surface area contributed by atoms with Crippen molar-refractivity contribution in [3.63, 3.8) is 0 Å². The van der Waals surface area contributed by atoms with E-state index in [1.54, 1.807) is 6.92 Å². The number of alkyl halides is 4. The van der Waals surface area contributed by atoms with Crippen LogP contribution in [-0.4, -0.2) is 16.2 Å². The number of hydrogen-bond acceptors (Lipinski definition) is 3. The first-order chi connectivity index (χ1) is 7.82. The molecule has 0 fully saturated rings. The minimum absolute atomic E-state index is 0.130. The van der Waals surface area contributed by atoms with E-state index in [0.717, 1.165) is 4.57 Å². The molecule has 8 heteroatoms. The lowest BCUT2D eigenvalue weighted by molar-refractivity contribution is -0.142. The van der Waals surface area contributed by atoms with E-state index in [-0.39, 0.29) is 17.9 Å². The average Bonchev–Trinajstić information content (AvgIpc) is 2.23. The summed E-state index contributed by atoms with van der Waals surface area (Å²) in [6.07, 6.45) is -4.68. The molecule has 0 aliphatic carbocycles. The average molecular weight is 315 g/mol. The zero-order chi connectivity index (χ0) is 13.2. The lowest BCUT2D eigenvalue weighted by Crippen LogP contribution is -2.29. The fourth-order valence-electron chi connectivity index (χ4n) is 1.24. The number of rotatable bonds is 3. The molecule has 0 aliphatic heterocycles. The lowest BCUT2D eigenvalue weighted by Gasteiger charge is -2.14. The van der Waals surface area contributed by atoms with Crippen molar-refractivity contribution in [3.05, 3.63) is 21.6 Å². The van der Waals surface area contributed by atoms with Crippen LogP contribution in [0, 0.1) is 0 Å². The van der Waals surface area contributed by atoms with E-state index in [0.29, 0.717) is 0 Å². The van der Waals surface area contributed by atoms with E-state index in [4.69, 9.17) is 4.74 Å². The maximum Gasteiger partial charge on any atom is 0.434 e. The van der Waals surface area contributed by atoms with E-state index in [9.17, 15) is 18.0 Å². The van der Waals surface area contributed by atoms with Gasteiger partial charge in [-0.3, -0.25) is 9.36 Å². The van der Waals surface area contributed by atoms with Gasteiger partial charge in [0, 0.05) is 12.4 Å².